The monoisotopic (exact) mass is 143 g/mol. The maximum absolute atomic E-state index is 6.08. The fraction of sp³-hybridized carbons (Fsp3) is 0.500. The zero-order valence-electron chi connectivity index (χ0n) is 2.58. The summed E-state index contributed by atoms with van der Waals surface area (Å²) in [4.78, 5) is 2.57. The van der Waals surface area contributed by atoms with Crippen LogP contribution in [-0.4, -0.2) is 3.92 Å². The summed E-state index contributed by atoms with van der Waals surface area (Å²) in [5, 5.41) is 0. The van der Waals surface area contributed by atoms with Crippen molar-refractivity contribution in [2.45, 2.75) is 3.92 Å². The van der Waals surface area contributed by atoms with Gasteiger partial charge in [-0.2, -0.15) is 0 Å². The molecule has 0 aromatic heterocycles. The molecule has 0 heterocycles. The van der Waals surface area contributed by atoms with Crippen molar-refractivity contribution in [1.29, 1.82) is 0 Å². The first-order valence-electron chi connectivity index (χ1n) is 1.01. The highest BCUT2D eigenvalue weighted by Gasteiger charge is 2.24. The van der Waals surface area contributed by atoms with E-state index in [1.54, 1.807) is 0 Å². The summed E-state index contributed by atoms with van der Waals surface area (Å²) in [5.74, 6) is 0. The van der Waals surface area contributed by atoms with Crippen molar-refractivity contribution in [3.05, 3.63) is 11.4 Å². The third-order valence-corrected chi connectivity index (χ3v) is 0.380. The smallest absolute Gasteiger partial charge is 0.259 e. The van der Waals surface area contributed by atoms with E-state index in [4.69, 9.17) is 41.4 Å². The minimum Gasteiger partial charge on any atom is -0.259 e. The molecule has 0 saturated carbocycles. The summed E-state index contributed by atoms with van der Waals surface area (Å²) in [7, 11) is 0. The highest BCUT2D eigenvalue weighted by molar-refractivity contribution is 6.68. The molecule has 6 heavy (non-hydrogen) atoms. The molecule has 0 bridgehead atoms. The lowest BCUT2D eigenvalue weighted by Gasteiger charge is -1.86. The molecule has 0 N–H and O–H groups in total. The van der Waals surface area contributed by atoms with Crippen molar-refractivity contribution in [3.63, 3.8) is 0 Å². The first kappa shape index (κ1) is 6.36. The second kappa shape index (κ2) is 1.88. The second-order valence-corrected chi connectivity index (χ2v) is 2.80. The molecule has 0 aromatic carbocycles. The average molecular weight is 144 g/mol. The van der Waals surface area contributed by atoms with Gasteiger partial charge in [0.2, 0.25) is 0 Å². The predicted molar refractivity (Wildman–Crippen MR) is 26.9 cm³/mol. The first-order valence-corrected chi connectivity index (χ1v) is 2.15. The van der Waals surface area contributed by atoms with Gasteiger partial charge in [0.05, 0.1) is 0 Å². The number of hydrogen-bond donors (Lipinski definition) is 0. The molecule has 0 aliphatic carbocycles. The lowest BCUT2D eigenvalue weighted by atomic mass is 11.4. The summed E-state index contributed by atoms with van der Waals surface area (Å²) in [6.07, 6.45) is 0. The minimum absolute atomic E-state index is 1.75. The van der Waals surface area contributed by atoms with Crippen LogP contribution in [0.5, 0.6) is 0 Å². The van der Waals surface area contributed by atoms with Gasteiger partial charge in [-0.15, -0.1) is 0 Å². The standard InChI is InChI=1S/C2Cl3N/c1-6-2(3,4)5. The topological polar surface area (TPSA) is 4.36 Å². The van der Waals surface area contributed by atoms with Crippen LogP contribution in [0.4, 0.5) is 0 Å². The van der Waals surface area contributed by atoms with Crippen LogP contribution < -0.4 is 0 Å². The van der Waals surface area contributed by atoms with Crippen LogP contribution in [0.2, 0.25) is 0 Å². The van der Waals surface area contributed by atoms with Crippen LogP contribution in [0.1, 0.15) is 0 Å². The number of rotatable bonds is 0. The summed E-state index contributed by atoms with van der Waals surface area (Å²) in [6, 6.07) is 0. The van der Waals surface area contributed by atoms with Crippen molar-refractivity contribution in [3.8, 4) is 0 Å². The molecule has 0 spiro atoms. The lowest BCUT2D eigenvalue weighted by molar-refractivity contribution is 1.46. The van der Waals surface area contributed by atoms with E-state index in [0.29, 0.717) is 0 Å². The quantitative estimate of drug-likeness (QED) is 0.279. The molecular weight excluding hydrogens is 144 g/mol. The maximum atomic E-state index is 6.08. The normalized spacial score (nSPS) is 10.3. The Morgan fingerprint density at radius 3 is 1.50 bits per heavy atom. The Labute approximate surface area is 50.6 Å². The van der Waals surface area contributed by atoms with Crippen LogP contribution in [0, 0.1) is 6.57 Å². The number of hydrogen-bond acceptors (Lipinski definition) is 0. The van der Waals surface area contributed by atoms with Gasteiger partial charge in [0.1, 0.15) is 0 Å². The highest BCUT2D eigenvalue weighted by Crippen LogP contribution is 2.26. The zero-order chi connectivity index (χ0) is 5.21. The maximum Gasteiger partial charge on any atom is 0.461 e. The summed E-state index contributed by atoms with van der Waals surface area (Å²) < 4.78 is -1.75. The zero-order valence-corrected chi connectivity index (χ0v) is 4.85. The molecular formula is C2Cl3N. The van der Waals surface area contributed by atoms with Crippen LogP contribution >= 0.6 is 34.8 Å². The van der Waals surface area contributed by atoms with Gasteiger partial charge < -0.3 is 0 Å². The average Bonchev–Trinajstić information content (AvgIpc) is 1.35. The predicted octanol–water partition coefficient (Wildman–Crippen LogP) is 2.23. The van der Waals surface area contributed by atoms with E-state index < -0.39 is 3.92 Å². The molecule has 0 atom stereocenters. The molecule has 0 aromatic rings. The van der Waals surface area contributed by atoms with Gasteiger partial charge in [0.15, 0.2) is 0 Å². The molecule has 0 aliphatic heterocycles. The minimum atomic E-state index is -1.75. The van der Waals surface area contributed by atoms with Crippen LogP contribution in [0.3, 0.4) is 0 Å². The Balaban J connectivity index is 3.55. The fourth-order valence-electron chi connectivity index (χ4n) is 0. The fourth-order valence-corrected chi connectivity index (χ4v) is 0. The van der Waals surface area contributed by atoms with Crippen LogP contribution in [0.15, 0.2) is 0 Å². The summed E-state index contributed by atoms with van der Waals surface area (Å²) in [5.41, 5.74) is 0. The van der Waals surface area contributed by atoms with Gasteiger partial charge in [-0.25, -0.2) is 6.57 Å². The number of halogens is 3. The Kier molecular flexibility index (Phi) is 1.99. The van der Waals surface area contributed by atoms with Gasteiger partial charge >= 0.3 is 3.92 Å². The van der Waals surface area contributed by atoms with E-state index in [1.165, 1.54) is 0 Å². The molecule has 1 nitrogen and oxygen atoms in total. The molecule has 0 amide bonds. The SMILES string of the molecule is [C-]#[N+]C(Cl)(Cl)Cl. The molecule has 0 unspecified atom stereocenters. The summed E-state index contributed by atoms with van der Waals surface area (Å²) in [6.45, 7) is 6.08. The first-order chi connectivity index (χ1) is 2.56. The molecule has 4 heteroatoms. The van der Waals surface area contributed by atoms with Crippen molar-refractivity contribution >= 4 is 34.8 Å². The van der Waals surface area contributed by atoms with Gasteiger partial charge in [0.25, 0.3) is 0 Å². The van der Waals surface area contributed by atoms with Crippen molar-refractivity contribution in [2.75, 3.05) is 0 Å². The largest absolute Gasteiger partial charge is 0.461 e. The molecule has 0 fully saturated rings. The van der Waals surface area contributed by atoms with E-state index in [2.05, 4.69) is 4.85 Å². The molecule has 0 saturated heterocycles. The van der Waals surface area contributed by atoms with E-state index in [1.807, 2.05) is 0 Å². The van der Waals surface area contributed by atoms with E-state index in [0.717, 1.165) is 0 Å². The Hall–Kier alpha value is 0.360. The molecule has 0 radical (unpaired) electrons. The third kappa shape index (κ3) is 4.36. The van der Waals surface area contributed by atoms with Crippen LogP contribution in [-0.2, 0) is 0 Å². The lowest BCUT2D eigenvalue weighted by Crippen LogP contribution is -1.87. The van der Waals surface area contributed by atoms with Gasteiger partial charge in [-0.05, 0) is 0 Å². The van der Waals surface area contributed by atoms with E-state index >= 15 is 0 Å². The number of alkyl halides is 3. The third-order valence-electron chi connectivity index (χ3n) is 0.127. The Bertz CT molecular complexity index is 75.8. The van der Waals surface area contributed by atoms with Gasteiger partial charge in [0, 0.05) is 34.8 Å². The Morgan fingerprint density at radius 2 is 1.50 bits per heavy atom. The molecule has 34 valence electrons. The van der Waals surface area contributed by atoms with E-state index in [9.17, 15) is 0 Å². The van der Waals surface area contributed by atoms with Gasteiger partial charge in [-0.3, -0.25) is 4.85 Å². The molecule has 0 rings (SSSR count). The van der Waals surface area contributed by atoms with Crippen molar-refractivity contribution in [1.82, 2.24) is 0 Å². The number of nitrogens with zero attached hydrogens (tertiary/aromatic N) is 1. The Morgan fingerprint density at radius 1 is 1.33 bits per heavy atom. The highest BCUT2D eigenvalue weighted by atomic mass is 35.6. The van der Waals surface area contributed by atoms with Crippen LogP contribution in [0.25, 0.3) is 4.85 Å². The van der Waals surface area contributed by atoms with Crippen molar-refractivity contribution in [2.24, 2.45) is 0 Å². The second-order valence-electron chi connectivity index (χ2n) is 0.580. The molecule has 0 aliphatic rings. The van der Waals surface area contributed by atoms with Gasteiger partial charge in [-0.1, -0.05) is 0 Å². The van der Waals surface area contributed by atoms with Crippen molar-refractivity contribution < 1.29 is 0 Å². The summed E-state index contributed by atoms with van der Waals surface area (Å²) >= 11 is 14.7. The van der Waals surface area contributed by atoms with E-state index in [-0.39, 0.29) is 0 Å².